The van der Waals surface area contributed by atoms with Gasteiger partial charge >= 0.3 is 0 Å². The Labute approximate surface area is 116 Å². The summed E-state index contributed by atoms with van der Waals surface area (Å²) in [5, 5.41) is 3.28. The highest BCUT2D eigenvalue weighted by Crippen LogP contribution is 2.33. The molecular formula is C15H26N2O2. The predicted molar refractivity (Wildman–Crippen MR) is 80.2 cm³/mol. The highest BCUT2D eigenvalue weighted by atomic mass is 16.5. The van der Waals surface area contributed by atoms with Crippen LogP contribution in [-0.2, 0) is 4.74 Å². The molecule has 1 atom stereocenters. The van der Waals surface area contributed by atoms with Crippen LogP contribution < -0.4 is 15.0 Å². The van der Waals surface area contributed by atoms with Gasteiger partial charge in [-0.3, -0.25) is 0 Å². The van der Waals surface area contributed by atoms with Gasteiger partial charge in [0.05, 0.1) is 13.7 Å². The lowest BCUT2D eigenvalue weighted by Crippen LogP contribution is -2.26. The number of rotatable bonds is 8. The maximum Gasteiger partial charge on any atom is 0.125 e. The summed E-state index contributed by atoms with van der Waals surface area (Å²) in [6.45, 7) is 6.51. The van der Waals surface area contributed by atoms with Crippen LogP contribution in [0.4, 0.5) is 5.69 Å². The molecule has 1 N–H and O–H groups in total. The van der Waals surface area contributed by atoms with Gasteiger partial charge in [-0.25, -0.2) is 0 Å². The molecule has 0 radical (unpaired) electrons. The summed E-state index contributed by atoms with van der Waals surface area (Å²) in [7, 11) is 5.76. The van der Waals surface area contributed by atoms with Gasteiger partial charge in [0.25, 0.3) is 0 Å². The molecule has 0 amide bonds. The van der Waals surface area contributed by atoms with Crippen molar-refractivity contribution in [1.82, 2.24) is 5.32 Å². The number of nitrogens with one attached hydrogen (secondary N) is 1. The summed E-state index contributed by atoms with van der Waals surface area (Å²) >= 11 is 0. The topological polar surface area (TPSA) is 33.7 Å². The zero-order valence-electron chi connectivity index (χ0n) is 12.7. The quantitative estimate of drug-likeness (QED) is 0.733. The third kappa shape index (κ3) is 4.11. The number of methoxy groups -OCH3 is 1. The molecule has 0 spiro atoms. The van der Waals surface area contributed by atoms with E-state index in [9.17, 15) is 0 Å². The Morgan fingerprint density at radius 1 is 1.37 bits per heavy atom. The second-order valence-electron chi connectivity index (χ2n) is 4.52. The molecule has 1 aromatic rings. The Balaban J connectivity index is 2.98. The van der Waals surface area contributed by atoms with Gasteiger partial charge in [-0.05, 0) is 33.0 Å². The molecule has 1 unspecified atom stereocenters. The van der Waals surface area contributed by atoms with Gasteiger partial charge < -0.3 is 19.7 Å². The monoisotopic (exact) mass is 266 g/mol. The maximum absolute atomic E-state index is 5.49. The minimum Gasteiger partial charge on any atom is -0.496 e. The highest BCUT2D eigenvalue weighted by Gasteiger charge is 2.17. The fourth-order valence-corrected chi connectivity index (χ4v) is 2.09. The van der Waals surface area contributed by atoms with E-state index < -0.39 is 0 Å². The molecule has 0 saturated carbocycles. The molecule has 1 aromatic carbocycles. The molecule has 0 bridgehead atoms. The number of ether oxygens (including phenoxy) is 2. The number of hydrogen-bond acceptors (Lipinski definition) is 4. The van der Waals surface area contributed by atoms with Crippen molar-refractivity contribution in [1.29, 1.82) is 0 Å². The van der Waals surface area contributed by atoms with Crippen LogP contribution in [0.3, 0.4) is 0 Å². The summed E-state index contributed by atoms with van der Waals surface area (Å²) in [5.74, 6) is 0.919. The maximum atomic E-state index is 5.49. The molecule has 4 heteroatoms. The van der Waals surface area contributed by atoms with Crippen LogP contribution in [0.1, 0.15) is 25.5 Å². The van der Waals surface area contributed by atoms with E-state index in [1.807, 2.05) is 26.1 Å². The molecule has 0 heterocycles. The number of nitrogens with zero attached hydrogens (tertiary/aromatic N) is 1. The van der Waals surface area contributed by atoms with E-state index >= 15 is 0 Å². The molecule has 0 fully saturated rings. The summed E-state index contributed by atoms with van der Waals surface area (Å²) in [5.41, 5.74) is 2.37. The van der Waals surface area contributed by atoms with Crippen molar-refractivity contribution in [2.75, 3.05) is 45.9 Å². The summed E-state index contributed by atoms with van der Waals surface area (Å²) in [6.07, 6.45) is 0. The second kappa shape index (κ2) is 8.02. The molecule has 1 rings (SSSR count). The highest BCUT2D eigenvalue weighted by molar-refractivity contribution is 5.60. The lowest BCUT2D eigenvalue weighted by atomic mass is 10.0. The van der Waals surface area contributed by atoms with E-state index in [0.717, 1.165) is 25.5 Å². The van der Waals surface area contributed by atoms with Crippen molar-refractivity contribution in [2.24, 2.45) is 0 Å². The zero-order chi connectivity index (χ0) is 14.3. The van der Waals surface area contributed by atoms with Gasteiger partial charge in [0, 0.05) is 37.5 Å². The molecule has 108 valence electrons. The molecule has 0 aliphatic rings. The van der Waals surface area contributed by atoms with E-state index in [1.165, 1.54) is 11.3 Å². The van der Waals surface area contributed by atoms with Crippen LogP contribution in [0, 0.1) is 0 Å². The molecular weight excluding hydrogens is 240 g/mol. The third-order valence-electron chi connectivity index (χ3n) is 3.32. The fraction of sp³-hybridized carbons (Fsp3) is 0.600. The number of benzene rings is 1. The van der Waals surface area contributed by atoms with Crippen molar-refractivity contribution < 1.29 is 9.47 Å². The van der Waals surface area contributed by atoms with Crippen LogP contribution in [0.2, 0.25) is 0 Å². The first-order valence-electron chi connectivity index (χ1n) is 6.78. The van der Waals surface area contributed by atoms with Gasteiger partial charge in [0.15, 0.2) is 0 Å². The standard InChI is InChI=1S/C15H26N2O2/c1-6-19-11-10-17(4)13-8-7-9-14(18-5)15(13)12(2)16-3/h7-9,12,16H,6,10-11H2,1-5H3. The number of hydrogen-bond donors (Lipinski definition) is 1. The van der Waals surface area contributed by atoms with Gasteiger partial charge in [0.1, 0.15) is 5.75 Å². The lowest BCUT2D eigenvalue weighted by molar-refractivity contribution is 0.154. The van der Waals surface area contributed by atoms with Crippen molar-refractivity contribution in [3.8, 4) is 5.75 Å². The second-order valence-corrected chi connectivity index (χ2v) is 4.52. The molecule has 0 aromatic heterocycles. The van der Waals surface area contributed by atoms with Crippen molar-refractivity contribution in [3.05, 3.63) is 23.8 Å². The first kappa shape index (κ1) is 15.8. The Kier molecular flexibility index (Phi) is 6.67. The minimum atomic E-state index is 0.237. The van der Waals surface area contributed by atoms with E-state index in [-0.39, 0.29) is 6.04 Å². The fourth-order valence-electron chi connectivity index (χ4n) is 2.09. The van der Waals surface area contributed by atoms with E-state index in [4.69, 9.17) is 9.47 Å². The largest absolute Gasteiger partial charge is 0.496 e. The first-order valence-corrected chi connectivity index (χ1v) is 6.78. The Morgan fingerprint density at radius 2 is 2.11 bits per heavy atom. The Bertz CT molecular complexity index is 382. The SMILES string of the molecule is CCOCCN(C)c1cccc(OC)c1C(C)NC. The average Bonchev–Trinajstić information content (AvgIpc) is 2.45. The molecule has 19 heavy (non-hydrogen) atoms. The summed E-state index contributed by atoms with van der Waals surface area (Å²) in [6, 6.07) is 6.39. The Morgan fingerprint density at radius 3 is 2.68 bits per heavy atom. The average molecular weight is 266 g/mol. The van der Waals surface area contributed by atoms with E-state index in [2.05, 4.69) is 30.3 Å². The van der Waals surface area contributed by atoms with Gasteiger partial charge in [-0.15, -0.1) is 0 Å². The lowest BCUT2D eigenvalue weighted by Gasteiger charge is -2.26. The molecule has 0 aliphatic carbocycles. The van der Waals surface area contributed by atoms with Crippen LogP contribution in [0.5, 0.6) is 5.75 Å². The van der Waals surface area contributed by atoms with Crippen LogP contribution in [0.25, 0.3) is 0 Å². The van der Waals surface area contributed by atoms with E-state index in [0.29, 0.717) is 0 Å². The smallest absolute Gasteiger partial charge is 0.125 e. The van der Waals surface area contributed by atoms with Gasteiger partial charge in [0.2, 0.25) is 0 Å². The normalized spacial score (nSPS) is 12.3. The van der Waals surface area contributed by atoms with Crippen molar-refractivity contribution in [3.63, 3.8) is 0 Å². The van der Waals surface area contributed by atoms with Crippen LogP contribution in [0.15, 0.2) is 18.2 Å². The summed E-state index contributed by atoms with van der Waals surface area (Å²) in [4.78, 5) is 2.21. The first-order chi connectivity index (χ1) is 9.15. The summed E-state index contributed by atoms with van der Waals surface area (Å²) < 4.78 is 10.9. The molecule has 0 saturated heterocycles. The minimum absolute atomic E-state index is 0.237. The number of anilines is 1. The van der Waals surface area contributed by atoms with Gasteiger partial charge in [-0.2, -0.15) is 0 Å². The van der Waals surface area contributed by atoms with Gasteiger partial charge in [-0.1, -0.05) is 6.07 Å². The number of likely N-dealkylation sites (N-methyl/N-ethyl adjacent to an activating group) is 1. The van der Waals surface area contributed by atoms with Crippen molar-refractivity contribution >= 4 is 5.69 Å². The molecule has 0 aliphatic heterocycles. The van der Waals surface area contributed by atoms with Crippen molar-refractivity contribution in [2.45, 2.75) is 19.9 Å². The van der Waals surface area contributed by atoms with Crippen LogP contribution >= 0.6 is 0 Å². The zero-order valence-corrected chi connectivity index (χ0v) is 12.7. The Hall–Kier alpha value is -1.26. The third-order valence-corrected chi connectivity index (χ3v) is 3.32. The van der Waals surface area contributed by atoms with E-state index in [1.54, 1.807) is 7.11 Å². The molecule has 4 nitrogen and oxygen atoms in total. The van der Waals surface area contributed by atoms with Crippen LogP contribution in [-0.4, -0.2) is 41.0 Å². The predicted octanol–water partition coefficient (Wildman–Crippen LogP) is 2.45.